The highest BCUT2D eigenvalue weighted by Crippen LogP contribution is 2.36. The lowest BCUT2D eigenvalue weighted by molar-refractivity contribution is 0.256. The molecule has 3 unspecified atom stereocenters. The van der Waals surface area contributed by atoms with Gasteiger partial charge in [0.2, 0.25) is 0 Å². The van der Waals surface area contributed by atoms with E-state index >= 15 is 0 Å². The van der Waals surface area contributed by atoms with Gasteiger partial charge >= 0.3 is 0 Å². The topological polar surface area (TPSA) is 29.3 Å². The third-order valence-electron chi connectivity index (χ3n) is 4.04. The first-order chi connectivity index (χ1) is 7.19. The van der Waals surface area contributed by atoms with Gasteiger partial charge < -0.3 is 10.6 Å². The van der Waals surface area contributed by atoms with Crippen molar-refractivity contribution in [2.75, 3.05) is 20.6 Å². The highest BCUT2D eigenvalue weighted by Gasteiger charge is 2.30. The van der Waals surface area contributed by atoms with Gasteiger partial charge in [-0.15, -0.1) is 0 Å². The summed E-state index contributed by atoms with van der Waals surface area (Å²) in [5.41, 5.74) is 5.71. The van der Waals surface area contributed by atoms with Crippen LogP contribution in [-0.4, -0.2) is 31.6 Å². The van der Waals surface area contributed by atoms with E-state index in [0.29, 0.717) is 0 Å². The Balaban J connectivity index is 2.41. The zero-order valence-electron chi connectivity index (χ0n) is 10.7. The fraction of sp³-hybridized carbons (Fsp3) is 1.00. The minimum Gasteiger partial charge on any atom is -0.330 e. The van der Waals surface area contributed by atoms with Crippen LogP contribution in [0.5, 0.6) is 0 Å². The molecule has 0 aliphatic heterocycles. The summed E-state index contributed by atoms with van der Waals surface area (Å²) in [7, 11) is 4.43. The van der Waals surface area contributed by atoms with Gasteiger partial charge in [0.15, 0.2) is 0 Å². The van der Waals surface area contributed by atoms with Crippen LogP contribution in [-0.2, 0) is 0 Å². The minimum atomic E-state index is 0.826. The molecule has 0 amide bonds. The number of rotatable bonds is 6. The molecule has 0 bridgehead atoms. The summed E-state index contributed by atoms with van der Waals surface area (Å²) in [4.78, 5) is 2.39. The van der Waals surface area contributed by atoms with Crippen LogP contribution in [0.1, 0.15) is 45.4 Å². The highest BCUT2D eigenvalue weighted by atomic mass is 15.1. The molecule has 2 N–H and O–H groups in total. The Bertz CT molecular complexity index is 162. The van der Waals surface area contributed by atoms with Crippen molar-refractivity contribution in [3.05, 3.63) is 0 Å². The summed E-state index contributed by atoms with van der Waals surface area (Å²) in [6.45, 7) is 3.16. The van der Waals surface area contributed by atoms with Crippen LogP contribution < -0.4 is 5.73 Å². The summed E-state index contributed by atoms with van der Waals surface area (Å²) in [6.07, 6.45) is 8.14. The molecule has 15 heavy (non-hydrogen) atoms. The molecule has 0 saturated heterocycles. The molecule has 3 atom stereocenters. The van der Waals surface area contributed by atoms with Gasteiger partial charge in [-0.25, -0.2) is 0 Å². The van der Waals surface area contributed by atoms with Crippen molar-refractivity contribution in [3.8, 4) is 0 Å². The van der Waals surface area contributed by atoms with Crippen molar-refractivity contribution in [3.63, 3.8) is 0 Å². The van der Waals surface area contributed by atoms with Gasteiger partial charge in [-0.1, -0.05) is 19.8 Å². The molecule has 0 spiro atoms. The smallest absolute Gasteiger partial charge is 0.00920 e. The molecule has 0 aromatic heterocycles. The molecule has 90 valence electrons. The zero-order chi connectivity index (χ0) is 11.3. The molecule has 0 heterocycles. The van der Waals surface area contributed by atoms with Crippen LogP contribution in [0, 0.1) is 11.8 Å². The molecule has 2 nitrogen and oxygen atoms in total. The Morgan fingerprint density at radius 1 is 1.27 bits per heavy atom. The maximum atomic E-state index is 5.71. The number of nitrogens with zero attached hydrogens (tertiary/aromatic N) is 1. The zero-order valence-corrected chi connectivity index (χ0v) is 10.7. The van der Waals surface area contributed by atoms with E-state index in [1.165, 1.54) is 38.5 Å². The van der Waals surface area contributed by atoms with Crippen LogP contribution in [0.25, 0.3) is 0 Å². The molecule has 1 fully saturated rings. The summed E-state index contributed by atoms with van der Waals surface area (Å²) < 4.78 is 0. The van der Waals surface area contributed by atoms with E-state index in [-0.39, 0.29) is 0 Å². The lowest BCUT2D eigenvalue weighted by Gasteiger charge is -2.24. The van der Waals surface area contributed by atoms with Crippen LogP contribution >= 0.6 is 0 Å². The maximum absolute atomic E-state index is 5.71. The van der Waals surface area contributed by atoms with Gasteiger partial charge in [0.05, 0.1) is 0 Å². The van der Waals surface area contributed by atoms with E-state index in [2.05, 4.69) is 25.9 Å². The van der Waals surface area contributed by atoms with Crippen molar-refractivity contribution < 1.29 is 0 Å². The molecular formula is C13H28N2. The van der Waals surface area contributed by atoms with Crippen molar-refractivity contribution in [2.45, 2.75) is 51.5 Å². The first-order valence-corrected chi connectivity index (χ1v) is 6.55. The normalized spacial score (nSPS) is 28.6. The van der Waals surface area contributed by atoms with Gasteiger partial charge in [0.25, 0.3) is 0 Å². The molecular weight excluding hydrogens is 184 g/mol. The van der Waals surface area contributed by atoms with Crippen LogP contribution in [0.4, 0.5) is 0 Å². The van der Waals surface area contributed by atoms with E-state index in [0.717, 1.165) is 24.4 Å². The second-order valence-electron chi connectivity index (χ2n) is 5.32. The lowest BCUT2D eigenvalue weighted by atomic mass is 9.84. The average Bonchev–Trinajstić information content (AvgIpc) is 2.66. The quantitative estimate of drug-likeness (QED) is 0.733. The van der Waals surface area contributed by atoms with Gasteiger partial charge in [-0.2, -0.15) is 0 Å². The Hall–Kier alpha value is -0.0800. The molecule has 0 radical (unpaired) electrons. The van der Waals surface area contributed by atoms with Crippen molar-refractivity contribution in [1.29, 1.82) is 0 Å². The maximum Gasteiger partial charge on any atom is 0.00920 e. The SMILES string of the molecule is CCCC(CCN)C1CCC(N(C)C)C1. The molecule has 0 aromatic rings. The van der Waals surface area contributed by atoms with E-state index in [1.807, 2.05) is 0 Å². The Morgan fingerprint density at radius 2 is 2.00 bits per heavy atom. The lowest BCUT2D eigenvalue weighted by Crippen LogP contribution is -2.26. The van der Waals surface area contributed by atoms with Crippen molar-refractivity contribution >= 4 is 0 Å². The number of nitrogens with two attached hydrogens (primary N) is 1. The third kappa shape index (κ3) is 3.76. The molecule has 0 aromatic carbocycles. The predicted molar refractivity (Wildman–Crippen MR) is 66.9 cm³/mol. The summed E-state index contributed by atoms with van der Waals surface area (Å²) in [6, 6.07) is 0.826. The van der Waals surface area contributed by atoms with Crippen LogP contribution in [0.15, 0.2) is 0 Å². The van der Waals surface area contributed by atoms with Crippen LogP contribution in [0.3, 0.4) is 0 Å². The average molecular weight is 212 g/mol. The molecule has 1 saturated carbocycles. The third-order valence-corrected chi connectivity index (χ3v) is 4.04. The minimum absolute atomic E-state index is 0.826. The molecule has 1 aliphatic rings. The molecule has 1 aliphatic carbocycles. The molecule has 2 heteroatoms. The predicted octanol–water partition coefficient (Wildman–Crippen LogP) is 2.48. The number of hydrogen-bond donors (Lipinski definition) is 1. The van der Waals surface area contributed by atoms with Gasteiger partial charge in [-0.05, 0) is 58.2 Å². The Morgan fingerprint density at radius 3 is 2.47 bits per heavy atom. The second kappa shape index (κ2) is 6.49. The summed E-state index contributed by atoms with van der Waals surface area (Å²) >= 11 is 0. The fourth-order valence-electron chi connectivity index (χ4n) is 3.09. The van der Waals surface area contributed by atoms with Gasteiger partial charge in [-0.3, -0.25) is 0 Å². The largest absolute Gasteiger partial charge is 0.330 e. The van der Waals surface area contributed by atoms with Gasteiger partial charge in [0, 0.05) is 6.04 Å². The summed E-state index contributed by atoms with van der Waals surface area (Å²) in [5.74, 6) is 1.84. The fourth-order valence-corrected chi connectivity index (χ4v) is 3.09. The Kier molecular flexibility index (Phi) is 5.62. The monoisotopic (exact) mass is 212 g/mol. The summed E-state index contributed by atoms with van der Waals surface area (Å²) in [5, 5.41) is 0. The second-order valence-corrected chi connectivity index (χ2v) is 5.32. The first kappa shape index (κ1) is 13.0. The number of hydrogen-bond acceptors (Lipinski definition) is 2. The standard InChI is InChI=1S/C13H28N2/c1-4-5-11(8-9-14)12-6-7-13(10-12)15(2)3/h11-13H,4-10,14H2,1-3H3. The molecule has 1 rings (SSSR count). The van der Waals surface area contributed by atoms with E-state index in [4.69, 9.17) is 5.73 Å². The van der Waals surface area contributed by atoms with Crippen molar-refractivity contribution in [2.24, 2.45) is 17.6 Å². The van der Waals surface area contributed by atoms with Gasteiger partial charge in [0.1, 0.15) is 0 Å². The highest BCUT2D eigenvalue weighted by molar-refractivity contribution is 4.84. The Labute approximate surface area is 95.2 Å². The van der Waals surface area contributed by atoms with Crippen molar-refractivity contribution in [1.82, 2.24) is 4.90 Å². The van der Waals surface area contributed by atoms with E-state index in [1.54, 1.807) is 0 Å². The van der Waals surface area contributed by atoms with E-state index in [9.17, 15) is 0 Å². The first-order valence-electron chi connectivity index (χ1n) is 6.55. The van der Waals surface area contributed by atoms with Crippen LogP contribution in [0.2, 0.25) is 0 Å². The van der Waals surface area contributed by atoms with E-state index < -0.39 is 0 Å².